The number of rotatable bonds is 8. The molecule has 0 aliphatic carbocycles. The Labute approximate surface area is 190 Å². The fraction of sp³-hybridized carbons (Fsp3) is 0.480. The number of benzene rings is 2. The minimum absolute atomic E-state index is 0.103. The van der Waals surface area contributed by atoms with Crippen LogP contribution in [-0.4, -0.2) is 44.5 Å². The topological polar surface area (TPSA) is 44.4 Å². The highest BCUT2D eigenvalue weighted by Crippen LogP contribution is 2.35. The number of piperidine rings is 1. The summed E-state index contributed by atoms with van der Waals surface area (Å²) in [5, 5.41) is 7.36. The minimum Gasteiger partial charge on any atom is -0.342 e. The highest BCUT2D eigenvalue weighted by molar-refractivity contribution is 6.30. The molecule has 168 valence electrons. The molecule has 0 bridgehead atoms. The van der Waals surface area contributed by atoms with Gasteiger partial charge < -0.3 is 15.5 Å². The Hall–Kier alpha value is -1.95. The minimum atomic E-state index is -0.236. The Kier molecular flexibility index (Phi) is 8.09. The van der Waals surface area contributed by atoms with Gasteiger partial charge in [0.25, 0.3) is 0 Å². The number of amides is 1. The van der Waals surface area contributed by atoms with Crippen LogP contribution in [0.15, 0.2) is 48.5 Å². The Balaban J connectivity index is 1.77. The van der Waals surface area contributed by atoms with E-state index in [1.54, 1.807) is 0 Å². The molecule has 31 heavy (non-hydrogen) atoms. The number of nitrogens with one attached hydrogen (secondary N) is 2. The zero-order valence-electron chi connectivity index (χ0n) is 18.6. The normalized spacial score (nSPS) is 17.9. The number of hydrogen-bond acceptors (Lipinski definition) is 3. The highest BCUT2D eigenvalue weighted by Gasteiger charge is 2.39. The summed E-state index contributed by atoms with van der Waals surface area (Å²) in [4.78, 5) is 15.6. The van der Waals surface area contributed by atoms with E-state index in [2.05, 4.69) is 23.6 Å². The summed E-state index contributed by atoms with van der Waals surface area (Å²) in [6, 6.07) is 14.6. The zero-order valence-corrected chi connectivity index (χ0v) is 19.4. The van der Waals surface area contributed by atoms with Crippen LogP contribution in [0.2, 0.25) is 5.02 Å². The zero-order chi connectivity index (χ0) is 22.4. The molecule has 2 aromatic rings. The summed E-state index contributed by atoms with van der Waals surface area (Å²) in [6.45, 7) is 4.08. The lowest BCUT2D eigenvalue weighted by atomic mass is 9.79. The smallest absolute Gasteiger partial charge is 0.227 e. The van der Waals surface area contributed by atoms with Gasteiger partial charge in [0, 0.05) is 30.2 Å². The molecular weight excluding hydrogens is 413 g/mol. The number of carbonyl (C=O) groups is 1. The highest BCUT2D eigenvalue weighted by atomic mass is 35.5. The lowest BCUT2D eigenvalue weighted by Gasteiger charge is -2.43. The molecule has 6 heteroatoms. The standard InChI is InChI=1S/C25H33ClFN3O/c1-4-22(18-6-5-7-20(26)16-18)23(17-28-2)24(31)30-14-12-25(29-3,13-15-30)19-8-10-21(27)11-9-19/h5-11,16,22-23,28-29H,4,12-15,17H2,1-3H3. The van der Waals surface area contributed by atoms with Crippen LogP contribution >= 0.6 is 11.6 Å². The summed E-state index contributed by atoms with van der Waals surface area (Å²) in [5.41, 5.74) is 1.94. The molecule has 0 radical (unpaired) electrons. The molecule has 1 saturated heterocycles. The lowest BCUT2D eigenvalue weighted by molar-refractivity contribution is -0.138. The number of nitrogens with zero attached hydrogens (tertiary/aromatic N) is 1. The second kappa shape index (κ2) is 10.6. The van der Waals surface area contributed by atoms with Gasteiger partial charge in [-0.25, -0.2) is 4.39 Å². The average Bonchev–Trinajstić information content (AvgIpc) is 2.79. The van der Waals surface area contributed by atoms with Gasteiger partial charge in [0.15, 0.2) is 0 Å². The lowest BCUT2D eigenvalue weighted by Crippen LogP contribution is -2.53. The molecule has 0 saturated carbocycles. The van der Waals surface area contributed by atoms with E-state index < -0.39 is 0 Å². The fourth-order valence-electron chi connectivity index (χ4n) is 4.91. The van der Waals surface area contributed by atoms with Crippen LogP contribution in [-0.2, 0) is 10.3 Å². The molecule has 2 atom stereocenters. The van der Waals surface area contributed by atoms with E-state index in [9.17, 15) is 9.18 Å². The van der Waals surface area contributed by atoms with E-state index in [0.717, 1.165) is 30.4 Å². The molecule has 3 rings (SSSR count). The SMILES string of the molecule is CCC(c1cccc(Cl)c1)C(CNC)C(=O)N1CCC(NC)(c2ccc(F)cc2)CC1. The van der Waals surface area contributed by atoms with Crippen LogP contribution in [0.25, 0.3) is 0 Å². The number of halogens is 2. The predicted octanol–water partition coefficient (Wildman–Crippen LogP) is 4.55. The quantitative estimate of drug-likeness (QED) is 0.626. The first-order valence-corrected chi connectivity index (χ1v) is 11.5. The van der Waals surface area contributed by atoms with Crippen molar-refractivity contribution in [2.45, 2.75) is 37.6 Å². The van der Waals surface area contributed by atoms with E-state index in [1.165, 1.54) is 12.1 Å². The molecule has 1 heterocycles. The second-order valence-electron chi connectivity index (χ2n) is 8.40. The predicted molar refractivity (Wildman–Crippen MR) is 125 cm³/mol. The summed E-state index contributed by atoms with van der Waals surface area (Å²) >= 11 is 6.23. The monoisotopic (exact) mass is 445 g/mol. The maximum Gasteiger partial charge on any atom is 0.227 e. The number of hydrogen-bond donors (Lipinski definition) is 2. The Morgan fingerprint density at radius 3 is 2.39 bits per heavy atom. The molecule has 2 N–H and O–H groups in total. The van der Waals surface area contributed by atoms with Gasteiger partial charge in [0.1, 0.15) is 5.82 Å². The Bertz CT molecular complexity index is 865. The summed E-state index contributed by atoms with van der Waals surface area (Å²) in [6.07, 6.45) is 2.45. The van der Waals surface area contributed by atoms with Crippen molar-refractivity contribution >= 4 is 17.5 Å². The van der Waals surface area contributed by atoms with E-state index in [4.69, 9.17) is 11.6 Å². The largest absolute Gasteiger partial charge is 0.342 e. The van der Waals surface area contributed by atoms with E-state index in [0.29, 0.717) is 24.7 Å². The van der Waals surface area contributed by atoms with Crippen LogP contribution in [0.3, 0.4) is 0 Å². The van der Waals surface area contributed by atoms with Crippen LogP contribution in [0.1, 0.15) is 43.2 Å². The summed E-state index contributed by atoms with van der Waals surface area (Å²) in [7, 11) is 3.83. The van der Waals surface area contributed by atoms with Crippen molar-refractivity contribution < 1.29 is 9.18 Å². The van der Waals surface area contributed by atoms with Crippen molar-refractivity contribution in [3.05, 3.63) is 70.5 Å². The molecule has 0 aromatic heterocycles. The maximum atomic E-state index is 13.6. The van der Waals surface area contributed by atoms with Gasteiger partial charge in [-0.2, -0.15) is 0 Å². The van der Waals surface area contributed by atoms with Crippen LogP contribution in [0.4, 0.5) is 4.39 Å². The van der Waals surface area contributed by atoms with Gasteiger partial charge in [-0.3, -0.25) is 4.79 Å². The second-order valence-corrected chi connectivity index (χ2v) is 8.83. The molecule has 1 aliphatic heterocycles. The van der Waals surface area contributed by atoms with Crippen molar-refractivity contribution in [1.82, 2.24) is 15.5 Å². The van der Waals surface area contributed by atoms with Crippen molar-refractivity contribution in [1.29, 1.82) is 0 Å². The number of carbonyl (C=O) groups excluding carboxylic acids is 1. The van der Waals surface area contributed by atoms with Crippen molar-refractivity contribution in [2.24, 2.45) is 5.92 Å². The van der Waals surface area contributed by atoms with Gasteiger partial charge in [0.05, 0.1) is 5.92 Å². The third kappa shape index (κ3) is 5.28. The third-order valence-corrected chi connectivity index (χ3v) is 6.98. The molecule has 2 aromatic carbocycles. The van der Waals surface area contributed by atoms with Gasteiger partial charge in [-0.15, -0.1) is 0 Å². The van der Waals surface area contributed by atoms with E-state index in [1.807, 2.05) is 49.3 Å². The first-order chi connectivity index (χ1) is 14.9. The van der Waals surface area contributed by atoms with Crippen molar-refractivity contribution in [3.63, 3.8) is 0 Å². The fourth-order valence-corrected chi connectivity index (χ4v) is 5.11. The van der Waals surface area contributed by atoms with Crippen molar-refractivity contribution in [3.8, 4) is 0 Å². The Morgan fingerprint density at radius 2 is 1.84 bits per heavy atom. The van der Waals surface area contributed by atoms with Gasteiger partial charge in [-0.1, -0.05) is 42.8 Å². The van der Waals surface area contributed by atoms with Crippen LogP contribution < -0.4 is 10.6 Å². The van der Waals surface area contributed by atoms with Gasteiger partial charge in [-0.05, 0) is 74.7 Å². The van der Waals surface area contributed by atoms with Gasteiger partial charge in [0.2, 0.25) is 5.91 Å². The first-order valence-electron chi connectivity index (χ1n) is 11.1. The van der Waals surface area contributed by atoms with Crippen LogP contribution in [0.5, 0.6) is 0 Å². The molecule has 1 aliphatic rings. The third-order valence-electron chi connectivity index (χ3n) is 6.75. The van der Waals surface area contributed by atoms with Gasteiger partial charge >= 0.3 is 0 Å². The molecule has 4 nitrogen and oxygen atoms in total. The summed E-state index contributed by atoms with van der Waals surface area (Å²) in [5.74, 6) is -0.0952. The average molecular weight is 446 g/mol. The molecule has 1 amide bonds. The Morgan fingerprint density at radius 1 is 1.16 bits per heavy atom. The van der Waals surface area contributed by atoms with E-state index >= 15 is 0 Å². The molecular formula is C25H33ClFN3O. The number of likely N-dealkylation sites (tertiary alicyclic amines) is 1. The first kappa shape index (κ1) is 23.7. The molecule has 1 fully saturated rings. The molecule has 2 unspecified atom stereocenters. The maximum absolute atomic E-state index is 13.6. The van der Waals surface area contributed by atoms with Crippen LogP contribution in [0, 0.1) is 11.7 Å². The van der Waals surface area contributed by atoms with Crippen molar-refractivity contribution in [2.75, 3.05) is 33.7 Å². The summed E-state index contributed by atoms with van der Waals surface area (Å²) < 4.78 is 13.4. The van der Waals surface area contributed by atoms with E-state index in [-0.39, 0.29) is 29.1 Å². The molecule has 0 spiro atoms.